The summed E-state index contributed by atoms with van der Waals surface area (Å²) in [6, 6.07) is 0. The average Bonchev–Trinajstić information content (AvgIpc) is 2.22. The molecule has 4 heteroatoms. The molecule has 0 aliphatic heterocycles. The molecule has 1 unspecified atom stereocenters. The Morgan fingerprint density at radius 1 is 1.36 bits per heavy atom. The van der Waals surface area contributed by atoms with Crippen LogP contribution in [-0.4, -0.2) is 36.0 Å². The van der Waals surface area contributed by atoms with Crippen molar-refractivity contribution in [2.45, 2.75) is 26.7 Å². The molecule has 0 bridgehead atoms. The van der Waals surface area contributed by atoms with Crippen molar-refractivity contribution in [2.24, 2.45) is 11.8 Å². The first-order valence-electron chi connectivity index (χ1n) is 5.04. The molecule has 0 aliphatic rings. The van der Waals surface area contributed by atoms with E-state index in [0.717, 1.165) is 6.42 Å². The van der Waals surface area contributed by atoms with Gasteiger partial charge in [-0.2, -0.15) is 0 Å². The molecule has 0 aliphatic carbocycles. The van der Waals surface area contributed by atoms with Gasteiger partial charge in [0.1, 0.15) is 0 Å². The average molecular weight is 204 g/mol. The molecular formula is C10H20O4. The molecule has 1 atom stereocenters. The van der Waals surface area contributed by atoms with Crippen LogP contribution in [0.3, 0.4) is 0 Å². The second-order valence-corrected chi connectivity index (χ2v) is 3.50. The Morgan fingerprint density at radius 3 is 2.36 bits per heavy atom. The SMILES string of the molecule is CCC(C)C(=O)OCCC(CO)CO. The highest BCUT2D eigenvalue weighted by Crippen LogP contribution is 2.06. The summed E-state index contributed by atoms with van der Waals surface area (Å²) in [5, 5.41) is 17.5. The lowest BCUT2D eigenvalue weighted by atomic mass is 10.1. The third-order valence-corrected chi connectivity index (χ3v) is 2.30. The van der Waals surface area contributed by atoms with E-state index in [1.807, 2.05) is 13.8 Å². The summed E-state index contributed by atoms with van der Waals surface area (Å²) < 4.78 is 4.97. The lowest BCUT2D eigenvalue weighted by molar-refractivity contribution is -0.148. The molecule has 0 aromatic carbocycles. The third-order valence-electron chi connectivity index (χ3n) is 2.30. The zero-order valence-electron chi connectivity index (χ0n) is 8.90. The monoisotopic (exact) mass is 204 g/mol. The van der Waals surface area contributed by atoms with Gasteiger partial charge < -0.3 is 14.9 Å². The van der Waals surface area contributed by atoms with E-state index in [1.54, 1.807) is 0 Å². The topological polar surface area (TPSA) is 66.8 Å². The lowest BCUT2D eigenvalue weighted by Crippen LogP contribution is -2.18. The molecule has 0 heterocycles. The summed E-state index contributed by atoms with van der Waals surface area (Å²) in [6.07, 6.45) is 1.28. The second kappa shape index (κ2) is 7.76. The molecule has 0 aromatic heterocycles. The highest BCUT2D eigenvalue weighted by molar-refractivity contribution is 5.71. The predicted octanol–water partition coefficient (Wildman–Crippen LogP) is 0.567. The first-order valence-corrected chi connectivity index (χ1v) is 5.04. The first kappa shape index (κ1) is 13.4. The Balaban J connectivity index is 3.57. The molecule has 14 heavy (non-hydrogen) atoms. The van der Waals surface area contributed by atoms with Crippen molar-refractivity contribution in [1.29, 1.82) is 0 Å². The number of carbonyl (C=O) groups excluding carboxylic acids is 1. The number of ether oxygens (including phenoxy) is 1. The van der Waals surface area contributed by atoms with E-state index in [9.17, 15) is 4.79 Å². The molecule has 0 amide bonds. The van der Waals surface area contributed by atoms with Gasteiger partial charge in [0.15, 0.2) is 0 Å². The Labute approximate surface area is 84.9 Å². The van der Waals surface area contributed by atoms with Crippen molar-refractivity contribution in [3.05, 3.63) is 0 Å². The maximum atomic E-state index is 11.2. The van der Waals surface area contributed by atoms with Crippen molar-refractivity contribution >= 4 is 5.97 Å². The fourth-order valence-electron chi connectivity index (χ4n) is 0.875. The summed E-state index contributed by atoms with van der Waals surface area (Å²) in [5.74, 6) is -0.460. The molecule has 0 rings (SSSR count). The van der Waals surface area contributed by atoms with Crippen LogP contribution in [0.1, 0.15) is 26.7 Å². The van der Waals surface area contributed by atoms with Crippen LogP contribution in [0.15, 0.2) is 0 Å². The largest absolute Gasteiger partial charge is 0.465 e. The van der Waals surface area contributed by atoms with Gasteiger partial charge in [-0.1, -0.05) is 13.8 Å². The van der Waals surface area contributed by atoms with Crippen LogP contribution in [-0.2, 0) is 9.53 Å². The van der Waals surface area contributed by atoms with E-state index in [2.05, 4.69) is 0 Å². The lowest BCUT2D eigenvalue weighted by Gasteiger charge is -2.12. The van der Waals surface area contributed by atoms with Gasteiger partial charge in [-0.15, -0.1) is 0 Å². The minimum Gasteiger partial charge on any atom is -0.465 e. The van der Waals surface area contributed by atoms with E-state index >= 15 is 0 Å². The normalized spacial score (nSPS) is 12.9. The zero-order chi connectivity index (χ0) is 11.0. The van der Waals surface area contributed by atoms with Gasteiger partial charge in [0, 0.05) is 19.1 Å². The Morgan fingerprint density at radius 2 is 1.93 bits per heavy atom. The smallest absolute Gasteiger partial charge is 0.308 e. The maximum Gasteiger partial charge on any atom is 0.308 e. The minimum atomic E-state index is -0.206. The highest BCUT2D eigenvalue weighted by atomic mass is 16.5. The van der Waals surface area contributed by atoms with Crippen molar-refractivity contribution in [3.63, 3.8) is 0 Å². The van der Waals surface area contributed by atoms with Gasteiger partial charge in [0.2, 0.25) is 0 Å². The van der Waals surface area contributed by atoms with Crippen molar-refractivity contribution in [3.8, 4) is 0 Å². The number of aliphatic hydroxyl groups is 2. The summed E-state index contributed by atoms with van der Waals surface area (Å²) in [6.45, 7) is 3.87. The Bertz CT molecular complexity index is 154. The first-order chi connectivity index (χ1) is 6.65. The Kier molecular flexibility index (Phi) is 7.42. The molecule has 84 valence electrons. The Hall–Kier alpha value is -0.610. The van der Waals surface area contributed by atoms with Gasteiger partial charge in [-0.3, -0.25) is 4.79 Å². The summed E-state index contributed by atoms with van der Waals surface area (Å²) >= 11 is 0. The summed E-state index contributed by atoms with van der Waals surface area (Å²) in [5.41, 5.74) is 0. The second-order valence-electron chi connectivity index (χ2n) is 3.50. The van der Waals surface area contributed by atoms with Crippen LogP contribution in [0.25, 0.3) is 0 Å². The van der Waals surface area contributed by atoms with E-state index in [4.69, 9.17) is 14.9 Å². The number of hydrogen-bond acceptors (Lipinski definition) is 4. The summed E-state index contributed by atoms with van der Waals surface area (Å²) in [4.78, 5) is 11.2. The molecule has 0 saturated carbocycles. The molecule has 0 radical (unpaired) electrons. The molecule has 0 saturated heterocycles. The van der Waals surface area contributed by atoms with Gasteiger partial charge in [-0.25, -0.2) is 0 Å². The molecule has 0 spiro atoms. The van der Waals surface area contributed by atoms with Crippen LogP contribution in [0.4, 0.5) is 0 Å². The third kappa shape index (κ3) is 5.19. The van der Waals surface area contributed by atoms with Crippen LogP contribution in [0.2, 0.25) is 0 Å². The standard InChI is InChI=1S/C10H20O4/c1-3-8(2)10(13)14-5-4-9(6-11)7-12/h8-9,11-12H,3-7H2,1-2H3. The number of rotatable bonds is 7. The molecular weight excluding hydrogens is 184 g/mol. The van der Waals surface area contributed by atoms with E-state index < -0.39 is 0 Å². The minimum absolute atomic E-state index is 0.0720. The van der Waals surface area contributed by atoms with Crippen LogP contribution in [0.5, 0.6) is 0 Å². The maximum absolute atomic E-state index is 11.2. The van der Waals surface area contributed by atoms with Gasteiger partial charge >= 0.3 is 5.97 Å². The number of carbonyl (C=O) groups is 1. The quantitative estimate of drug-likeness (QED) is 0.595. The number of aliphatic hydroxyl groups excluding tert-OH is 2. The van der Waals surface area contributed by atoms with Crippen molar-refractivity contribution < 1.29 is 19.7 Å². The fraction of sp³-hybridized carbons (Fsp3) is 0.900. The molecule has 4 nitrogen and oxygen atoms in total. The number of esters is 1. The molecule has 2 N–H and O–H groups in total. The molecule has 0 aromatic rings. The van der Waals surface area contributed by atoms with E-state index in [1.165, 1.54) is 0 Å². The van der Waals surface area contributed by atoms with Crippen molar-refractivity contribution in [2.75, 3.05) is 19.8 Å². The van der Waals surface area contributed by atoms with Crippen molar-refractivity contribution in [1.82, 2.24) is 0 Å². The highest BCUT2D eigenvalue weighted by Gasteiger charge is 2.12. The van der Waals surface area contributed by atoms with Gasteiger partial charge in [0.25, 0.3) is 0 Å². The van der Waals surface area contributed by atoms with Crippen LogP contribution < -0.4 is 0 Å². The van der Waals surface area contributed by atoms with Gasteiger partial charge in [0.05, 0.1) is 12.5 Å². The van der Waals surface area contributed by atoms with Crippen LogP contribution >= 0.6 is 0 Å². The van der Waals surface area contributed by atoms with Crippen LogP contribution in [0, 0.1) is 11.8 Å². The van der Waals surface area contributed by atoms with E-state index in [0.29, 0.717) is 6.42 Å². The zero-order valence-corrected chi connectivity index (χ0v) is 8.90. The number of hydrogen-bond donors (Lipinski definition) is 2. The van der Waals surface area contributed by atoms with E-state index in [-0.39, 0.29) is 37.6 Å². The molecule has 0 fully saturated rings. The predicted molar refractivity (Wildman–Crippen MR) is 52.7 cm³/mol. The fourth-order valence-corrected chi connectivity index (χ4v) is 0.875. The summed E-state index contributed by atoms with van der Waals surface area (Å²) in [7, 11) is 0. The van der Waals surface area contributed by atoms with Gasteiger partial charge in [-0.05, 0) is 12.8 Å².